The first kappa shape index (κ1) is 34.6. The van der Waals surface area contributed by atoms with Crippen LogP contribution in [0.1, 0.15) is 5.56 Å². The summed E-state index contributed by atoms with van der Waals surface area (Å²) in [7, 11) is 0. The summed E-state index contributed by atoms with van der Waals surface area (Å²) in [5.41, 5.74) is 13.1. The van der Waals surface area contributed by atoms with Crippen LogP contribution in [0, 0.1) is 11.3 Å². The average Bonchev–Trinajstić information content (AvgIpc) is 3.82. The molecule has 0 aliphatic heterocycles. The molecule has 0 saturated heterocycles. The second kappa shape index (κ2) is 13.9. The van der Waals surface area contributed by atoms with Crippen LogP contribution in [-0.2, 0) is 0 Å². The molecular formula is C57H36N4. The van der Waals surface area contributed by atoms with Crippen LogP contribution in [0.15, 0.2) is 218 Å². The number of nitriles is 1. The van der Waals surface area contributed by atoms with E-state index in [9.17, 15) is 5.26 Å². The van der Waals surface area contributed by atoms with Gasteiger partial charge in [-0.1, -0.05) is 97.1 Å². The number of benzene rings is 10. The van der Waals surface area contributed by atoms with Crippen LogP contribution in [-0.4, -0.2) is 4.40 Å². The highest BCUT2D eigenvalue weighted by molar-refractivity contribution is 6.27. The number of hydrogen-bond donors (Lipinski definition) is 0. The number of hydrogen-bond acceptors (Lipinski definition) is 3. The topological polar surface area (TPSA) is 34.7 Å². The molecule has 0 atom stereocenters. The van der Waals surface area contributed by atoms with Crippen molar-refractivity contribution in [1.82, 2.24) is 4.40 Å². The Kier molecular flexibility index (Phi) is 7.88. The number of anilines is 6. The second-order valence-corrected chi connectivity index (χ2v) is 15.8. The molecule has 61 heavy (non-hydrogen) atoms. The molecule has 4 heteroatoms. The number of para-hydroxylation sites is 4. The molecule has 10 aromatic carbocycles. The highest BCUT2D eigenvalue weighted by Crippen LogP contribution is 2.45. The maximum absolute atomic E-state index is 9.57. The molecule has 0 aliphatic carbocycles. The van der Waals surface area contributed by atoms with Crippen molar-refractivity contribution in [3.8, 4) is 17.2 Å². The van der Waals surface area contributed by atoms with Crippen molar-refractivity contribution in [1.29, 1.82) is 5.26 Å². The fourth-order valence-corrected chi connectivity index (χ4v) is 9.39. The Labute approximate surface area is 352 Å². The molecule has 0 radical (unpaired) electrons. The Balaban J connectivity index is 1.12. The van der Waals surface area contributed by atoms with Gasteiger partial charge >= 0.3 is 0 Å². The first-order chi connectivity index (χ1) is 30.2. The van der Waals surface area contributed by atoms with Gasteiger partial charge in [0.05, 0.1) is 28.2 Å². The smallest absolute Gasteiger partial charge is 0.0991 e. The van der Waals surface area contributed by atoms with Crippen LogP contribution in [0.3, 0.4) is 0 Å². The molecule has 0 bridgehead atoms. The average molecular weight is 777 g/mol. The van der Waals surface area contributed by atoms with Gasteiger partial charge in [0.2, 0.25) is 0 Å². The fraction of sp³-hybridized carbons (Fsp3) is 0. The van der Waals surface area contributed by atoms with Gasteiger partial charge in [-0.3, -0.25) is 0 Å². The molecule has 0 spiro atoms. The van der Waals surface area contributed by atoms with E-state index in [0.29, 0.717) is 5.56 Å². The molecule has 0 fully saturated rings. The van der Waals surface area contributed by atoms with Gasteiger partial charge in [-0.25, -0.2) is 0 Å². The number of fused-ring (bicyclic) bond motifs is 8. The molecule has 4 nitrogen and oxygen atoms in total. The van der Waals surface area contributed by atoms with Gasteiger partial charge in [0.15, 0.2) is 0 Å². The predicted molar refractivity (Wildman–Crippen MR) is 256 cm³/mol. The summed E-state index contributed by atoms with van der Waals surface area (Å²) in [6, 6.07) is 80.4. The van der Waals surface area contributed by atoms with E-state index in [4.69, 9.17) is 0 Å². The maximum atomic E-state index is 9.57. The molecule has 0 unspecified atom stereocenters. The number of rotatable bonds is 7. The Morgan fingerprint density at radius 2 is 0.738 bits per heavy atom. The fourth-order valence-electron chi connectivity index (χ4n) is 9.39. The number of nitrogens with zero attached hydrogens (tertiary/aromatic N) is 4. The summed E-state index contributed by atoms with van der Waals surface area (Å²) >= 11 is 0. The van der Waals surface area contributed by atoms with E-state index in [1.165, 1.54) is 59.6 Å². The minimum absolute atomic E-state index is 0.657. The van der Waals surface area contributed by atoms with Crippen LogP contribution in [0.5, 0.6) is 0 Å². The normalized spacial score (nSPS) is 11.6. The van der Waals surface area contributed by atoms with Crippen molar-refractivity contribution >= 4 is 93.8 Å². The molecule has 0 amide bonds. The van der Waals surface area contributed by atoms with Crippen LogP contribution < -0.4 is 9.80 Å². The van der Waals surface area contributed by atoms with E-state index in [-0.39, 0.29) is 0 Å². The maximum Gasteiger partial charge on any atom is 0.0991 e. The lowest BCUT2D eigenvalue weighted by Crippen LogP contribution is -2.09. The molecule has 0 aliphatic rings. The lowest BCUT2D eigenvalue weighted by atomic mass is 9.97. The van der Waals surface area contributed by atoms with Crippen molar-refractivity contribution in [2.75, 3.05) is 9.80 Å². The van der Waals surface area contributed by atoms with E-state index in [1.807, 2.05) is 12.1 Å². The Morgan fingerprint density at radius 1 is 0.328 bits per heavy atom. The van der Waals surface area contributed by atoms with Crippen molar-refractivity contribution in [3.05, 3.63) is 224 Å². The summed E-state index contributed by atoms with van der Waals surface area (Å²) < 4.78 is 2.49. The van der Waals surface area contributed by atoms with Gasteiger partial charge in [-0.05, 0) is 154 Å². The second-order valence-electron chi connectivity index (χ2n) is 15.8. The van der Waals surface area contributed by atoms with E-state index in [1.54, 1.807) is 0 Å². The van der Waals surface area contributed by atoms with Gasteiger partial charge in [-0.15, -0.1) is 0 Å². The molecule has 2 aromatic heterocycles. The first-order valence-electron chi connectivity index (χ1n) is 20.6. The van der Waals surface area contributed by atoms with Crippen molar-refractivity contribution in [2.24, 2.45) is 0 Å². The Bertz CT molecular complexity index is 3340. The third-order valence-electron chi connectivity index (χ3n) is 12.2. The largest absolute Gasteiger partial charge is 0.310 e. The summed E-state index contributed by atoms with van der Waals surface area (Å²) in [6.07, 6.45) is 0. The zero-order valence-electron chi connectivity index (χ0n) is 33.1. The molecular weight excluding hydrogens is 741 g/mol. The Hall–Kier alpha value is -8.39. The Morgan fingerprint density at radius 3 is 1.13 bits per heavy atom. The highest BCUT2D eigenvalue weighted by Gasteiger charge is 2.22. The van der Waals surface area contributed by atoms with Gasteiger partial charge < -0.3 is 14.2 Å². The van der Waals surface area contributed by atoms with Crippen LogP contribution >= 0.6 is 0 Å². The molecule has 0 saturated carbocycles. The standard InChI is InChI=1S/C57H36N4/c58-37-38-21-23-39(24-22-38)44-33-53-51-31-40-25-27-49(59(45-13-5-1-6-14-45)46-15-7-2-8-16-46)29-42(40)35-55(51)61-56-36-43-30-50(28-26-41(43)32-52(56)54(34-44)57(53)61)60(47-17-9-3-10-18-47)48-19-11-4-12-20-48/h1-36H. The van der Waals surface area contributed by atoms with E-state index < -0.39 is 0 Å². The lowest BCUT2D eigenvalue weighted by molar-refractivity contribution is 1.29. The zero-order valence-corrected chi connectivity index (χ0v) is 33.1. The van der Waals surface area contributed by atoms with Crippen molar-refractivity contribution < 1.29 is 0 Å². The van der Waals surface area contributed by atoms with Crippen LogP contribution in [0.2, 0.25) is 0 Å². The van der Waals surface area contributed by atoms with Crippen molar-refractivity contribution in [3.63, 3.8) is 0 Å². The summed E-state index contributed by atoms with van der Waals surface area (Å²) in [6.45, 7) is 0. The zero-order chi connectivity index (χ0) is 40.4. The molecule has 284 valence electrons. The lowest BCUT2D eigenvalue weighted by Gasteiger charge is -2.25. The SMILES string of the molecule is N#Cc1ccc(-c2cc3c4cc5ccc(N(c6ccccc6)c6ccccc6)cc5cc4n4c5cc6cc(N(c7ccccc7)c7ccccc7)ccc6cc5c(c2)c34)cc1. The first-order valence-corrected chi connectivity index (χ1v) is 20.6. The molecule has 12 aromatic rings. The van der Waals surface area contributed by atoms with Gasteiger partial charge in [0, 0.05) is 55.7 Å². The van der Waals surface area contributed by atoms with E-state index in [0.717, 1.165) is 45.3 Å². The quantitative estimate of drug-likeness (QED) is 0.162. The van der Waals surface area contributed by atoms with Crippen LogP contribution in [0.25, 0.3) is 70.8 Å². The summed E-state index contributed by atoms with van der Waals surface area (Å²) in [5, 5.41) is 19.2. The highest BCUT2D eigenvalue weighted by atomic mass is 15.1. The van der Waals surface area contributed by atoms with E-state index in [2.05, 4.69) is 227 Å². The van der Waals surface area contributed by atoms with Gasteiger partial charge in [0.25, 0.3) is 0 Å². The molecule has 12 rings (SSSR count). The summed E-state index contributed by atoms with van der Waals surface area (Å²) in [4.78, 5) is 4.65. The number of aromatic nitrogens is 1. The molecule has 2 heterocycles. The third kappa shape index (κ3) is 5.67. The summed E-state index contributed by atoms with van der Waals surface area (Å²) in [5.74, 6) is 0. The minimum atomic E-state index is 0.657. The van der Waals surface area contributed by atoms with E-state index >= 15 is 0 Å². The monoisotopic (exact) mass is 776 g/mol. The van der Waals surface area contributed by atoms with Crippen LogP contribution in [0.4, 0.5) is 34.1 Å². The third-order valence-corrected chi connectivity index (χ3v) is 12.2. The van der Waals surface area contributed by atoms with Gasteiger partial charge in [-0.2, -0.15) is 5.26 Å². The predicted octanol–water partition coefficient (Wildman–Crippen LogP) is 15.6. The minimum Gasteiger partial charge on any atom is -0.310 e. The van der Waals surface area contributed by atoms with Crippen molar-refractivity contribution in [2.45, 2.75) is 0 Å². The van der Waals surface area contributed by atoms with Gasteiger partial charge in [0.1, 0.15) is 0 Å². The molecule has 0 N–H and O–H groups in total.